The normalized spacial score (nSPS) is 11.1. The fraction of sp³-hybridized carbons (Fsp3) is 0.333. The smallest absolute Gasteiger partial charge is 0.294 e. The van der Waals surface area contributed by atoms with Crippen LogP contribution in [0.25, 0.3) is 0 Å². The fourth-order valence-electron chi connectivity index (χ4n) is 1.88. The number of ketones is 1. The fourth-order valence-corrected chi connectivity index (χ4v) is 1.88. The molecule has 0 radical (unpaired) electrons. The SMILES string of the molecule is CC(=O)c1cn(Cc2nccn2C(F)F)c(=O)n(C)c1=O. The lowest BCUT2D eigenvalue weighted by molar-refractivity contribution is 0.0666. The number of Topliss-reactive ketones (excluding diaryl/α,β-unsaturated/α-hetero) is 1. The lowest BCUT2D eigenvalue weighted by Gasteiger charge is -2.10. The third-order valence-electron chi connectivity index (χ3n) is 3.00. The van der Waals surface area contributed by atoms with Crippen molar-refractivity contribution in [1.29, 1.82) is 0 Å². The first-order chi connectivity index (χ1) is 9.82. The third-order valence-corrected chi connectivity index (χ3v) is 3.00. The molecule has 0 N–H and O–H groups in total. The Morgan fingerprint density at radius 1 is 1.38 bits per heavy atom. The molecule has 0 aliphatic rings. The van der Waals surface area contributed by atoms with Gasteiger partial charge in [0, 0.05) is 25.6 Å². The van der Waals surface area contributed by atoms with Gasteiger partial charge in [-0.15, -0.1) is 0 Å². The second-order valence-corrected chi connectivity index (χ2v) is 4.40. The van der Waals surface area contributed by atoms with Crippen molar-refractivity contribution in [2.45, 2.75) is 20.0 Å². The van der Waals surface area contributed by atoms with Crippen LogP contribution < -0.4 is 11.2 Å². The van der Waals surface area contributed by atoms with E-state index < -0.39 is 23.6 Å². The summed E-state index contributed by atoms with van der Waals surface area (Å²) in [4.78, 5) is 38.9. The van der Waals surface area contributed by atoms with E-state index in [0.717, 1.165) is 21.5 Å². The minimum atomic E-state index is -2.79. The molecule has 0 aromatic carbocycles. The van der Waals surface area contributed by atoms with Gasteiger partial charge in [0.25, 0.3) is 5.56 Å². The Bertz CT molecular complexity index is 804. The van der Waals surface area contributed by atoms with Crippen molar-refractivity contribution in [3.8, 4) is 0 Å². The number of hydrogen-bond acceptors (Lipinski definition) is 4. The molecule has 2 aromatic heterocycles. The quantitative estimate of drug-likeness (QED) is 0.765. The number of halogens is 2. The first-order valence-corrected chi connectivity index (χ1v) is 5.94. The summed E-state index contributed by atoms with van der Waals surface area (Å²) < 4.78 is 27.8. The van der Waals surface area contributed by atoms with Crippen molar-refractivity contribution in [2.75, 3.05) is 0 Å². The molecule has 0 aliphatic carbocycles. The molecule has 21 heavy (non-hydrogen) atoms. The monoisotopic (exact) mass is 298 g/mol. The van der Waals surface area contributed by atoms with Gasteiger partial charge in [-0.1, -0.05) is 0 Å². The van der Waals surface area contributed by atoms with Crippen LogP contribution in [0.3, 0.4) is 0 Å². The first-order valence-electron chi connectivity index (χ1n) is 5.94. The van der Waals surface area contributed by atoms with Crippen LogP contribution in [0.15, 0.2) is 28.2 Å². The van der Waals surface area contributed by atoms with Crippen molar-refractivity contribution >= 4 is 5.78 Å². The van der Waals surface area contributed by atoms with Gasteiger partial charge in [-0.25, -0.2) is 9.78 Å². The summed E-state index contributed by atoms with van der Waals surface area (Å²) in [6, 6.07) is 0. The van der Waals surface area contributed by atoms with E-state index in [4.69, 9.17) is 0 Å². The Morgan fingerprint density at radius 3 is 2.62 bits per heavy atom. The Kier molecular flexibility index (Phi) is 3.83. The number of imidazole rings is 1. The average Bonchev–Trinajstić information content (AvgIpc) is 2.87. The lowest BCUT2D eigenvalue weighted by atomic mass is 10.2. The molecule has 0 atom stereocenters. The maximum atomic E-state index is 12.7. The molecule has 0 amide bonds. The number of alkyl halides is 2. The summed E-state index contributed by atoms with van der Waals surface area (Å²) in [6.45, 7) is -1.88. The molecule has 9 heteroatoms. The highest BCUT2D eigenvalue weighted by molar-refractivity contribution is 5.93. The highest BCUT2D eigenvalue weighted by Crippen LogP contribution is 2.12. The zero-order chi connectivity index (χ0) is 15.7. The van der Waals surface area contributed by atoms with Crippen molar-refractivity contribution in [3.63, 3.8) is 0 Å². The predicted octanol–water partition coefficient (Wildman–Crippen LogP) is 0.390. The van der Waals surface area contributed by atoms with Gasteiger partial charge < -0.3 is 0 Å². The lowest BCUT2D eigenvalue weighted by Crippen LogP contribution is -2.40. The minimum absolute atomic E-state index is 0.0553. The predicted molar refractivity (Wildman–Crippen MR) is 68.5 cm³/mol. The van der Waals surface area contributed by atoms with Gasteiger partial charge in [0.15, 0.2) is 5.78 Å². The first kappa shape index (κ1) is 14.8. The molecule has 0 spiro atoms. The molecular weight excluding hydrogens is 286 g/mol. The van der Waals surface area contributed by atoms with Gasteiger partial charge in [-0.05, 0) is 6.92 Å². The molecule has 2 rings (SSSR count). The second-order valence-electron chi connectivity index (χ2n) is 4.40. The maximum absolute atomic E-state index is 12.7. The van der Waals surface area contributed by atoms with Crippen LogP contribution in [0.1, 0.15) is 29.7 Å². The standard InChI is InChI=1S/C12H12F2N4O3/c1-7(19)8-5-17(12(21)16(2)10(8)20)6-9-15-3-4-18(9)11(13)14/h3-5,11H,6H2,1-2H3. The van der Waals surface area contributed by atoms with Crippen molar-refractivity contribution in [3.05, 3.63) is 50.8 Å². The van der Waals surface area contributed by atoms with Crippen molar-refractivity contribution in [2.24, 2.45) is 7.05 Å². The number of carbonyl (C=O) groups excluding carboxylic acids is 1. The molecule has 0 saturated carbocycles. The highest BCUT2D eigenvalue weighted by Gasteiger charge is 2.16. The number of nitrogens with zero attached hydrogens (tertiary/aromatic N) is 4. The highest BCUT2D eigenvalue weighted by atomic mass is 19.3. The van der Waals surface area contributed by atoms with Crippen LogP contribution in [-0.2, 0) is 13.6 Å². The molecule has 0 fully saturated rings. The Balaban J connectivity index is 2.55. The third kappa shape index (κ3) is 2.67. The minimum Gasteiger partial charge on any atom is -0.294 e. The Hall–Kier alpha value is -2.58. The van der Waals surface area contributed by atoms with Crippen molar-refractivity contribution in [1.82, 2.24) is 18.7 Å². The molecule has 0 saturated heterocycles. The van der Waals surface area contributed by atoms with E-state index in [2.05, 4.69) is 4.98 Å². The number of carbonyl (C=O) groups is 1. The van der Waals surface area contributed by atoms with Crippen LogP contribution in [-0.4, -0.2) is 24.5 Å². The van der Waals surface area contributed by atoms with E-state index in [1.165, 1.54) is 20.2 Å². The zero-order valence-electron chi connectivity index (χ0n) is 11.3. The molecule has 0 aliphatic heterocycles. The Labute approximate surface area is 117 Å². The van der Waals surface area contributed by atoms with E-state index in [1.807, 2.05) is 0 Å². The van der Waals surface area contributed by atoms with Crippen LogP contribution in [0.4, 0.5) is 8.78 Å². The Morgan fingerprint density at radius 2 is 2.05 bits per heavy atom. The summed E-state index contributed by atoms with van der Waals surface area (Å²) in [5, 5.41) is 0. The summed E-state index contributed by atoms with van der Waals surface area (Å²) >= 11 is 0. The molecule has 0 unspecified atom stereocenters. The summed E-state index contributed by atoms with van der Waals surface area (Å²) in [7, 11) is 1.22. The van der Waals surface area contributed by atoms with E-state index in [9.17, 15) is 23.2 Å². The van der Waals surface area contributed by atoms with Crippen molar-refractivity contribution < 1.29 is 13.6 Å². The molecule has 0 bridgehead atoms. The van der Waals surface area contributed by atoms with Gasteiger partial charge in [-0.2, -0.15) is 8.78 Å². The van der Waals surface area contributed by atoms with E-state index in [0.29, 0.717) is 4.57 Å². The van der Waals surface area contributed by atoms with E-state index in [-0.39, 0.29) is 17.9 Å². The van der Waals surface area contributed by atoms with Gasteiger partial charge in [0.1, 0.15) is 5.82 Å². The summed E-state index contributed by atoms with van der Waals surface area (Å²) in [5.74, 6) is -0.568. The van der Waals surface area contributed by atoms with E-state index in [1.54, 1.807) is 0 Å². The van der Waals surface area contributed by atoms with Crippen LogP contribution in [0, 0.1) is 0 Å². The van der Waals surface area contributed by atoms with Crippen LogP contribution >= 0.6 is 0 Å². The number of hydrogen-bond donors (Lipinski definition) is 0. The van der Waals surface area contributed by atoms with Crippen LogP contribution in [0.2, 0.25) is 0 Å². The van der Waals surface area contributed by atoms with Gasteiger partial charge >= 0.3 is 12.2 Å². The van der Waals surface area contributed by atoms with Gasteiger partial charge in [-0.3, -0.25) is 23.3 Å². The molecule has 2 heterocycles. The van der Waals surface area contributed by atoms with Gasteiger partial charge in [0.2, 0.25) is 0 Å². The topological polar surface area (TPSA) is 78.9 Å². The number of rotatable bonds is 4. The second kappa shape index (κ2) is 5.43. The zero-order valence-corrected chi connectivity index (χ0v) is 11.3. The largest absolute Gasteiger partial charge is 0.331 e. The maximum Gasteiger partial charge on any atom is 0.331 e. The van der Waals surface area contributed by atoms with Crippen LogP contribution in [0.5, 0.6) is 0 Å². The molecular formula is C12H12F2N4O3. The average molecular weight is 298 g/mol. The summed E-state index contributed by atoms with van der Waals surface area (Å²) in [6.07, 6.45) is 3.33. The molecule has 7 nitrogen and oxygen atoms in total. The molecule has 2 aromatic rings. The molecule has 112 valence electrons. The van der Waals surface area contributed by atoms with Gasteiger partial charge in [0.05, 0.1) is 12.1 Å². The number of aromatic nitrogens is 4. The van der Waals surface area contributed by atoms with E-state index >= 15 is 0 Å². The summed E-state index contributed by atoms with van der Waals surface area (Å²) in [5.41, 5.74) is -1.62.